The van der Waals surface area contributed by atoms with Gasteiger partial charge in [-0.05, 0) is 95.7 Å². The molecule has 14 atom stereocenters. The van der Waals surface area contributed by atoms with Crippen molar-refractivity contribution in [3.63, 3.8) is 0 Å². The molecular formula is C70H86N7O18PS4Si. The van der Waals surface area contributed by atoms with Gasteiger partial charge in [0.1, 0.15) is 41.9 Å². The average molecular weight is 1500 g/mol. The lowest BCUT2D eigenvalue weighted by Crippen LogP contribution is -2.64. The number of thiazole rings is 2. The van der Waals surface area contributed by atoms with Gasteiger partial charge in [0.05, 0.1) is 78.8 Å². The SMILES string of the molecule is C=CCOC(=O)C1=C(OP(=O)(Oc2ccccc2)Oc2ccccc2)[C@H](C)[C@@H]2[C@@H]([C@@H](C)O[Si](C)(C)C)C(=O)N12.C=CCOC(=O)C1=C(Sc2nc(C3=CCN(C)[C@H](CO)C3)cs2)[C@H](C)[C@@H]2[C@@H]([C@@H](C)O)C(=O)N12.C[C@@H](O)[C@H]1C(=O)N2C(C(=O)O)=C(Sc3nc(C4=CCN[C@H](CO)C4)cs3)[C@H](C)[C@H]12. The quantitative estimate of drug-likeness (QED) is 0.0112. The highest BCUT2D eigenvalue weighted by Crippen LogP contribution is 2.59. The van der Waals surface area contributed by atoms with Gasteiger partial charge < -0.3 is 68.1 Å². The molecule has 0 radical (unpaired) electrons. The Hall–Kier alpha value is -7.03. The number of β-lactam (4-membered cyclic amide) rings is 3. The summed E-state index contributed by atoms with van der Waals surface area (Å²) in [5.41, 5.74) is 4.00. The molecule has 101 heavy (non-hydrogen) atoms. The number of fused-ring (bicyclic) bond motifs is 3. The number of nitrogens with zero attached hydrogens (tertiary/aromatic N) is 6. The van der Waals surface area contributed by atoms with Crippen LogP contribution < -0.4 is 14.4 Å². The second kappa shape index (κ2) is 32.3. The first kappa shape index (κ1) is 76.6. The van der Waals surface area contributed by atoms with Crippen LogP contribution in [0.3, 0.4) is 0 Å². The second-order valence-corrected chi connectivity index (χ2v) is 36.9. The van der Waals surface area contributed by atoms with Crippen molar-refractivity contribution in [3.05, 3.63) is 153 Å². The third kappa shape index (κ3) is 16.2. The standard InChI is InChI=1S/C28H34NO8PSi.C23H29N3O5S2.C19H23N3O5S2/c1-7-18-33-28(31)25-26(19(2)24-23(27(30)29(24)25)20(3)37-39(4,5)6)36-38(32,34-21-14-10-8-11-15-21)35-22-16-12-9-13-17-22;1-5-8-31-22(30)19-20(12(2)18-17(13(3)28)21(29)26(18)19)33-23-24-16(11-32-23)14-6-7-25(4)15(9-14)10-27;1-8-14-13(9(2)24)17(25)22(14)15(18(26)27)16(8)29-19-21-12(7-28-19)10-3-4-20-11(5-10)6-23/h7-17,19-20,23-24H,1,18H2,2-6H3;5-6,11-13,15,17-18,27-28H,1,7-10H2,2-4H3;3,7-9,11,13-14,20,23-24H,4-6H2,1-2H3,(H,26,27)/t19-,20-,23-,24-;12-,13-,15+,17-,18-;8-,9-,11+,13-,14-/m111/s1. The molecule has 0 spiro atoms. The van der Waals surface area contributed by atoms with Gasteiger partial charge in [0.15, 0.2) is 22.7 Å². The fourth-order valence-corrected chi connectivity index (χ4v) is 20.7. The summed E-state index contributed by atoms with van der Waals surface area (Å²) in [4.78, 5) is 93.6. The molecule has 8 aliphatic heterocycles. The second-order valence-electron chi connectivity index (χ2n) is 26.7. The number of carbonyl (C=O) groups is 6. The molecule has 4 aromatic rings. The molecule has 8 aliphatic rings. The number of para-hydroxylation sites is 2. The minimum atomic E-state index is -4.42. The summed E-state index contributed by atoms with van der Waals surface area (Å²) in [6.07, 6.45) is 6.49. The van der Waals surface area contributed by atoms with Crippen LogP contribution in [0, 0.1) is 35.5 Å². The summed E-state index contributed by atoms with van der Waals surface area (Å²) >= 11 is 5.59. The monoisotopic (exact) mass is 1500 g/mol. The van der Waals surface area contributed by atoms with E-state index in [9.17, 15) is 58.9 Å². The number of hydrogen-bond acceptors (Lipinski definition) is 25. The Morgan fingerprint density at radius 3 is 1.62 bits per heavy atom. The Labute approximate surface area is 604 Å². The molecule has 0 bridgehead atoms. The van der Waals surface area contributed by atoms with Gasteiger partial charge in [0.2, 0.25) is 17.7 Å². The van der Waals surface area contributed by atoms with Gasteiger partial charge >= 0.3 is 25.7 Å². The summed E-state index contributed by atoms with van der Waals surface area (Å²) in [6.45, 7) is 25.6. The maximum Gasteiger partial charge on any atom is 0.646 e. The Morgan fingerprint density at radius 2 is 1.15 bits per heavy atom. The van der Waals surface area contributed by atoms with Crippen molar-refractivity contribution in [3.8, 4) is 11.5 Å². The van der Waals surface area contributed by atoms with Crippen molar-refractivity contribution in [1.82, 2.24) is 34.9 Å². The molecule has 0 saturated carbocycles. The third-order valence-corrected chi connectivity index (χ3v) is 25.4. The molecule has 2 aromatic carbocycles. The zero-order valence-electron chi connectivity index (χ0n) is 57.7. The van der Waals surface area contributed by atoms with Crippen molar-refractivity contribution in [2.75, 3.05) is 46.6 Å². The van der Waals surface area contributed by atoms with E-state index in [2.05, 4.69) is 34.4 Å². The van der Waals surface area contributed by atoms with Crippen molar-refractivity contribution in [2.24, 2.45) is 35.5 Å². The molecule has 2 aromatic heterocycles. The fraction of sp³-hybridized carbons (Fsp3) is 0.457. The molecule has 0 unspecified atom stereocenters. The smallest absolute Gasteiger partial charge is 0.477 e. The van der Waals surface area contributed by atoms with Gasteiger partial charge in [-0.25, -0.2) is 24.4 Å². The highest BCUT2D eigenvalue weighted by Gasteiger charge is 2.64. The van der Waals surface area contributed by atoms with Crippen LogP contribution in [-0.2, 0) is 51.8 Å². The zero-order valence-corrected chi connectivity index (χ0v) is 62.9. The maximum absolute atomic E-state index is 14.2. The Balaban J connectivity index is 0.000000165. The minimum Gasteiger partial charge on any atom is -0.477 e. The lowest BCUT2D eigenvalue weighted by molar-refractivity contribution is -0.164. The number of carbonyl (C=O) groups excluding carboxylic acids is 5. The number of rotatable bonds is 26. The Kier molecular flexibility index (Phi) is 24.5. The van der Waals surface area contributed by atoms with E-state index in [0.717, 1.165) is 44.7 Å². The Bertz CT molecular complexity index is 3980. The topological polar surface area (TPSA) is 327 Å². The zero-order chi connectivity index (χ0) is 73.1. The number of aliphatic carboxylic acids is 1. The van der Waals surface area contributed by atoms with Crippen LogP contribution in [0.5, 0.6) is 11.5 Å². The van der Waals surface area contributed by atoms with Crippen LogP contribution >= 0.6 is 54.0 Å². The molecule has 6 N–H and O–H groups in total. The number of aliphatic hydroxyl groups excluding tert-OH is 4. The van der Waals surface area contributed by atoms with Crippen LogP contribution in [0.2, 0.25) is 19.6 Å². The van der Waals surface area contributed by atoms with Crippen LogP contribution in [0.1, 0.15) is 65.8 Å². The predicted molar refractivity (Wildman–Crippen MR) is 384 cm³/mol. The van der Waals surface area contributed by atoms with Crippen molar-refractivity contribution < 1.29 is 86.3 Å². The number of phosphoric ester groups is 1. The van der Waals surface area contributed by atoms with E-state index >= 15 is 0 Å². The van der Waals surface area contributed by atoms with Crippen molar-refractivity contribution >= 4 is 109 Å². The van der Waals surface area contributed by atoms with E-state index < -0.39 is 76.0 Å². The molecule has 3 saturated heterocycles. The van der Waals surface area contributed by atoms with E-state index in [-0.39, 0.29) is 121 Å². The molecule has 12 rings (SSSR count). The molecule has 25 nitrogen and oxygen atoms in total. The number of likely N-dealkylation sites (N-methyl/N-ethyl adjacent to an activating group) is 1. The highest BCUT2D eigenvalue weighted by molar-refractivity contribution is 8.05. The van der Waals surface area contributed by atoms with E-state index in [4.69, 9.17) is 32.5 Å². The number of hydrogen-bond donors (Lipinski definition) is 6. The van der Waals surface area contributed by atoms with Crippen LogP contribution in [0.15, 0.2) is 150 Å². The lowest BCUT2D eigenvalue weighted by atomic mass is 9.79. The first-order valence-electron chi connectivity index (χ1n) is 33.2. The maximum atomic E-state index is 14.2. The highest BCUT2D eigenvalue weighted by atomic mass is 32.2. The van der Waals surface area contributed by atoms with Gasteiger partial charge in [-0.3, -0.25) is 24.2 Å². The van der Waals surface area contributed by atoms with Gasteiger partial charge in [0.25, 0.3) is 0 Å². The number of carboxylic acid groups (broad SMARTS) is 1. The number of aromatic nitrogens is 2. The number of esters is 2. The molecular weight excluding hydrogens is 1410 g/mol. The summed E-state index contributed by atoms with van der Waals surface area (Å²) < 4.78 is 50.0. The molecule has 3 fully saturated rings. The number of benzene rings is 2. The van der Waals surface area contributed by atoms with Gasteiger partial charge in [-0.1, -0.05) is 118 Å². The average Bonchev–Trinajstić information content (AvgIpc) is 1.58. The molecule has 3 amide bonds. The predicted octanol–water partition coefficient (Wildman–Crippen LogP) is 9.17. The normalized spacial score (nSPS) is 26.2. The number of carboxylic acids is 1. The number of aliphatic hydroxyl groups is 4. The number of nitrogens with one attached hydrogen (secondary N) is 1. The van der Waals surface area contributed by atoms with Gasteiger partial charge in [-0.15, -0.1) is 22.7 Å². The van der Waals surface area contributed by atoms with E-state index in [1.165, 1.54) is 73.0 Å². The summed E-state index contributed by atoms with van der Waals surface area (Å²) in [7, 11) is -4.40. The number of phosphoric acid groups is 1. The van der Waals surface area contributed by atoms with E-state index in [0.29, 0.717) is 22.2 Å². The summed E-state index contributed by atoms with van der Waals surface area (Å²) in [5, 5.41) is 55.9. The first-order chi connectivity index (χ1) is 48.0. The number of thioether (sulfide) groups is 2. The summed E-state index contributed by atoms with van der Waals surface area (Å²) in [6, 6.07) is 15.9. The molecule has 542 valence electrons. The van der Waals surface area contributed by atoms with Gasteiger partial charge in [0, 0.05) is 63.5 Å². The molecule has 10 heterocycles. The first-order valence-corrected chi connectivity index (χ1v) is 41.5. The van der Waals surface area contributed by atoms with Crippen molar-refractivity contribution in [2.45, 2.75) is 131 Å². The fourth-order valence-electron chi connectivity index (χ4n) is 13.9. The minimum absolute atomic E-state index is 0.000288. The Morgan fingerprint density at radius 1 is 0.683 bits per heavy atom. The number of amides is 3. The molecule has 31 heteroatoms. The van der Waals surface area contributed by atoms with Crippen LogP contribution in [0.4, 0.5) is 0 Å². The van der Waals surface area contributed by atoms with E-state index in [1.54, 1.807) is 81.4 Å². The lowest BCUT2D eigenvalue weighted by Gasteiger charge is -2.48. The van der Waals surface area contributed by atoms with Crippen LogP contribution in [0.25, 0.3) is 11.1 Å². The van der Waals surface area contributed by atoms with Gasteiger partial charge in [-0.2, -0.15) is 4.57 Å². The number of ether oxygens (including phenoxy) is 2. The summed E-state index contributed by atoms with van der Waals surface area (Å²) in [5.74, 6) is -5.35. The van der Waals surface area contributed by atoms with Crippen LogP contribution in [-0.4, -0.2) is 194 Å². The van der Waals surface area contributed by atoms with E-state index in [1.807, 2.05) is 64.3 Å². The molecule has 0 aliphatic carbocycles. The largest absolute Gasteiger partial charge is 0.646 e. The van der Waals surface area contributed by atoms with Crippen molar-refractivity contribution in [1.29, 1.82) is 0 Å². The third-order valence-electron chi connectivity index (χ3n) is 18.6.